The summed E-state index contributed by atoms with van der Waals surface area (Å²) < 4.78 is 38.4. The van der Waals surface area contributed by atoms with E-state index in [0.717, 1.165) is 26.3 Å². The van der Waals surface area contributed by atoms with Crippen LogP contribution >= 0.6 is 11.6 Å². The predicted octanol–water partition coefficient (Wildman–Crippen LogP) is 2.03. The second-order valence-electron chi connectivity index (χ2n) is 10.9. The van der Waals surface area contributed by atoms with Crippen molar-refractivity contribution in [1.29, 1.82) is 0 Å². The highest BCUT2D eigenvalue weighted by molar-refractivity contribution is 6.30. The second kappa shape index (κ2) is 11.6. The number of hydrogen-bond donors (Lipinski definition) is 3. The van der Waals surface area contributed by atoms with Gasteiger partial charge in [0.2, 0.25) is 12.2 Å². The minimum atomic E-state index is -1.73. The van der Waals surface area contributed by atoms with Gasteiger partial charge < -0.3 is 34.8 Å². The van der Waals surface area contributed by atoms with Crippen LogP contribution in [0.4, 0.5) is 8.78 Å². The Morgan fingerprint density at radius 1 is 1.27 bits per heavy atom. The number of aryl methyl sites for hydroxylation is 1. The second-order valence-corrected chi connectivity index (χ2v) is 11.3. The molecular formula is C29H30ClF2N7O5. The van der Waals surface area contributed by atoms with Crippen molar-refractivity contribution in [2.45, 2.75) is 32.2 Å². The molecule has 3 aliphatic heterocycles. The molecule has 44 heavy (non-hydrogen) atoms. The van der Waals surface area contributed by atoms with Gasteiger partial charge >= 0.3 is 0 Å². The number of phenolic OH excluding ortho intramolecular Hbond substituents is 1. The lowest BCUT2D eigenvalue weighted by molar-refractivity contribution is -0.120. The summed E-state index contributed by atoms with van der Waals surface area (Å²) in [5.74, 6) is -1.81. The highest BCUT2D eigenvalue weighted by Gasteiger charge is 2.29. The van der Waals surface area contributed by atoms with Crippen LogP contribution in [0.1, 0.15) is 22.6 Å². The number of halogens is 3. The fourth-order valence-electron chi connectivity index (χ4n) is 5.82. The third-order valence-corrected chi connectivity index (χ3v) is 8.55. The van der Waals surface area contributed by atoms with Crippen LogP contribution in [-0.2, 0) is 24.3 Å². The number of ether oxygens (including phenoxy) is 1. The van der Waals surface area contributed by atoms with Crippen molar-refractivity contribution in [3.63, 3.8) is 0 Å². The van der Waals surface area contributed by atoms with E-state index in [1.807, 2.05) is 11.9 Å². The van der Waals surface area contributed by atoms with E-state index in [4.69, 9.17) is 16.3 Å². The molecule has 2 aromatic heterocycles. The average molecular weight is 630 g/mol. The minimum Gasteiger partial charge on any atom is -0.504 e. The molecule has 1 aromatic carbocycles. The number of aldehydes is 1. The standard InChI is InChI=1S/C29H30ClF2N7O5/c1-36-6-8-37(9-7-36)20-11-18(23(30)27(32)34-20)33-21(41)13-38-12-17(16-10-15(14-40)25(42)26(44-2)24(16)31)22-28(38)35-19-4-3-5-39(19)29(22)43/h10-12,14,27,34,42H,3-9,13H2,1-2H3,(H,33,41). The lowest BCUT2D eigenvalue weighted by Crippen LogP contribution is -2.49. The first kappa shape index (κ1) is 29.6. The summed E-state index contributed by atoms with van der Waals surface area (Å²) in [7, 11) is 3.14. The van der Waals surface area contributed by atoms with Crippen molar-refractivity contribution in [2.75, 3.05) is 40.3 Å². The normalized spacial score (nSPS) is 18.7. The number of piperazine rings is 1. The number of likely N-dealkylation sites (N-methyl/N-ethyl adjacent to an activating group) is 1. The number of alkyl halides is 1. The van der Waals surface area contributed by atoms with Gasteiger partial charge in [-0.1, -0.05) is 11.6 Å². The third-order valence-electron chi connectivity index (χ3n) is 8.15. The van der Waals surface area contributed by atoms with Crippen LogP contribution in [0.15, 0.2) is 39.7 Å². The van der Waals surface area contributed by atoms with Crippen LogP contribution in [-0.4, -0.2) is 87.8 Å². The van der Waals surface area contributed by atoms with Gasteiger partial charge in [0.15, 0.2) is 23.6 Å². The molecule has 15 heteroatoms. The molecule has 3 aliphatic rings. The molecule has 1 amide bonds. The molecule has 0 radical (unpaired) electrons. The zero-order valence-electron chi connectivity index (χ0n) is 24.0. The van der Waals surface area contributed by atoms with Gasteiger partial charge in [-0.3, -0.25) is 19.0 Å². The van der Waals surface area contributed by atoms with Gasteiger partial charge in [0.05, 0.1) is 28.8 Å². The van der Waals surface area contributed by atoms with Gasteiger partial charge in [0.1, 0.15) is 23.8 Å². The minimum absolute atomic E-state index is 0.0344. The summed E-state index contributed by atoms with van der Waals surface area (Å²) >= 11 is 6.25. The monoisotopic (exact) mass is 629 g/mol. The topological polar surface area (TPSA) is 134 Å². The molecule has 1 saturated heterocycles. The molecule has 1 fully saturated rings. The molecular weight excluding hydrogens is 600 g/mol. The van der Waals surface area contributed by atoms with Crippen LogP contribution in [0.2, 0.25) is 0 Å². The number of hydrogen-bond acceptors (Lipinski definition) is 9. The number of dihydropyridines is 1. The first-order valence-electron chi connectivity index (χ1n) is 14.0. The van der Waals surface area contributed by atoms with E-state index in [0.29, 0.717) is 50.4 Å². The quantitative estimate of drug-likeness (QED) is 0.265. The maximum Gasteiger partial charge on any atom is 0.263 e. The molecule has 5 heterocycles. The van der Waals surface area contributed by atoms with Gasteiger partial charge in [-0.2, -0.15) is 0 Å². The molecule has 3 aromatic rings. The first-order valence-corrected chi connectivity index (χ1v) is 14.4. The van der Waals surface area contributed by atoms with Crippen LogP contribution in [0.3, 0.4) is 0 Å². The smallest absolute Gasteiger partial charge is 0.263 e. The predicted molar refractivity (Wildman–Crippen MR) is 158 cm³/mol. The van der Waals surface area contributed by atoms with E-state index in [1.165, 1.54) is 15.3 Å². The number of benzene rings is 1. The van der Waals surface area contributed by atoms with Crippen molar-refractivity contribution < 1.29 is 28.2 Å². The first-order chi connectivity index (χ1) is 21.1. The van der Waals surface area contributed by atoms with Crippen LogP contribution in [0.25, 0.3) is 22.2 Å². The van der Waals surface area contributed by atoms with E-state index in [2.05, 4.69) is 20.5 Å². The molecule has 6 rings (SSSR count). The zero-order valence-corrected chi connectivity index (χ0v) is 24.7. The van der Waals surface area contributed by atoms with Crippen molar-refractivity contribution >= 4 is 34.8 Å². The summed E-state index contributed by atoms with van der Waals surface area (Å²) in [5.41, 5.74) is -0.580. The lowest BCUT2D eigenvalue weighted by atomic mass is 10.0. The maximum atomic E-state index is 15.6. The van der Waals surface area contributed by atoms with Gasteiger partial charge in [0.25, 0.3) is 5.56 Å². The Hall–Kier alpha value is -4.43. The van der Waals surface area contributed by atoms with E-state index in [-0.39, 0.29) is 45.0 Å². The molecule has 232 valence electrons. The number of nitrogens with zero attached hydrogens (tertiary/aromatic N) is 5. The van der Waals surface area contributed by atoms with Crippen molar-refractivity contribution in [2.24, 2.45) is 0 Å². The Balaban J connectivity index is 1.39. The van der Waals surface area contributed by atoms with Gasteiger partial charge in [-0.05, 0) is 19.5 Å². The molecule has 1 unspecified atom stereocenters. The number of rotatable bonds is 7. The molecule has 12 nitrogen and oxygen atoms in total. The van der Waals surface area contributed by atoms with Crippen LogP contribution in [0, 0.1) is 5.82 Å². The van der Waals surface area contributed by atoms with Crippen molar-refractivity contribution in [3.8, 4) is 22.6 Å². The van der Waals surface area contributed by atoms with Gasteiger partial charge in [-0.25, -0.2) is 13.8 Å². The van der Waals surface area contributed by atoms with Crippen LogP contribution in [0.5, 0.6) is 11.5 Å². The Morgan fingerprint density at radius 3 is 2.73 bits per heavy atom. The molecule has 0 spiro atoms. The van der Waals surface area contributed by atoms with E-state index >= 15 is 4.39 Å². The number of aromatic nitrogens is 3. The molecule has 0 bridgehead atoms. The number of carbonyl (C=O) groups is 2. The van der Waals surface area contributed by atoms with E-state index < -0.39 is 35.1 Å². The van der Waals surface area contributed by atoms with Crippen molar-refractivity contribution in [3.05, 3.63) is 62.4 Å². The Bertz CT molecular complexity index is 1810. The summed E-state index contributed by atoms with van der Waals surface area (Å²) in [6.07, 6.45) is 2.82. The van der Waals surface area contributed by atoms with Gasteiger partial charge in [0, 0.05) is 62.5 Å². The number of carbonyl (C=O) groups excluding carboxylic acids is 2. The molecule has 0 aliphatic carbocycles. The number of phenols is 1. The highest BCUT2D eigenvalue weighted by Crippen LogP contribution is 2.40. The number of amides is 1. The van der Waals surface area contributed by atoms with Crippen LogP contribution < -0.4 is 20.9 Å². The Labute approximate surface area is 255 Å². The number of methoxy groups -OCH3 is 1. The SMILES string of the molecule is COc1c(O)c(C=O)cc(-c2cn(CC(=O)NC3=C(Cl)C(F)NC(N4CCN(C)CC4)=C3)c3nc4n(c(=O)c23)CCC4)c1F. The number of nitrogens with one attached hydrogen (secondary N) is 2. The average Bonchev–Trinajstić information content (AvgIpc) is 3.62. The lowest BCUT2D eigenvalue weighted by Gasteiger charge is -2.37. The summed E-state index contributed by atoms with van der Waals surface area (Å²) in [6, 6.07) is 1.11. The van der Waals surface area contributed by atoms with Gasteiger partial charge in [-0.15, -0.1) is 0 Å². The Kier molecular flexibility index (Phi) is 7.80. The summed E-state index contributed by atoms with van der Waals surface area (Å²) in [5, 5.41) is 15.5. The van der Waals surface area contributed by atoms with E-state index in [9.17, 15) is 23.9 Å². The number of fused-ring (bicyclic) bond motifs is 2. The van der Waals surface area contributed by atoms with Crippen molar-refractivity contribution in [1.82, 2.24) is 34.6 Å². The fraction of sp³-hybridized carbons (Fsp3) is 0.379. The molecule has 1 atom stereocenters. The maximum absolute atomic E-state index is 15.6. The molecule has 0 saturated carbocycles. The molecule has 3 N–H and O–H groups in total. The highest BCUT2D eigenvalue weighted by atomic mass is 35.5. The largest absolute Gasteiger partial charge is 0.504 e. The third kappa shape index (κ3) is 5.07. The Morgan fingerprint density at radius 2 is 2.02 bits per heavy atom. The summed E-state index contributed by atoms with van der Waals surface area (Å²) in [4.78, 5) is 47.5. The number of allylic oxidation sites excluding steroid dienone is 1. The summed E-state index contributed by atoms with van der Waals surface area (Å²) in [6.45, 7) is 2.95. The zero-order chi connectivity index (χ0) is 31.3. The number of aromatic hydroxyl groups is 1. The fourth-order valence-corrected chi connectivity index (χ4v) is 5.97. The van der Waals surface area contributed by atoms with E-state index in [1.54, 1.807) is 6.08 Å².